The lowest BCUT2D eigenvalue weighted by atomic mass is 10.2. The Morgan fingerprint density at radius 3 is 2.71 bits per heavy atom. The van der Waals surface area contributed by atoms with Crippen LogP contribution in [0.5, 0.6) is 0 Å². The summed E-state index contributed by atoms with van der Waals surface area (Å²) in [7, 11) is 3.27. The monoisotopic (exact) mass is 204 g/mol. The van der Waals surface area contributed by atoms with E-state index in [1.807, 2.05) is 7.05 Å². The molecular weight excluding hydrogens is 184 g/mol. The Morgan fingerprint density at radius 2 is 2.29 bits per heavy atom. The topological polar surface area (TPSA) is 59.6 Å². The minimum Gasteiger partial charge on any atom is -0.471 e. The molecule has 0 aromatic heterocycles. The summed E-state index contributed by atoms with van der Waals surface area (Å²) < 4.78 is 9.21. The summed E-state index contributed by atoms with van der Waals surface area (Å²) in [4.78, 5) is 8.95. The van der Waals surface area contributed by atoms with Crippen molar-refractivity contribution in [3.8, 4) is 0 Å². The Balaban J connectivity index is 0.000000364. The first-order valence-electron chi connectivity index (χ1n) is 4.69. The van der Waals surface area contributed by atoms with Crippen LogP contribution in [0.3, 0.4) is 0 Å². The van der Waals surface area contributed by atoms with E-state index in [-0.39, 0.29) is 0 Å². The van der Waals surface area contributed by atoms with E-state index in [2.05, 4.69) is 22.3 Å². The van der Waals surface area contributed by atoms with Crippen molar-refractivity contribution < 1.29 is 14.3 Å². The maximum atomic E-state index is 8.95. The van der Waals surface area contributed by atoms with Crippen LogP contribution in [0.25, 0.3) is 0 Å². The number of hydrogen-bond acceptors (Lipinski definition) is 5. The lowest BCUT2D eigenvalue weighted by Crippen LogP contribution is -2.51. The second kappa shape index (κ2) is 8.93. The predicted molar refractivity (Wildman–Crippen MR) is 54.2 cm³/mol. The van der Waals surface area contributed by atoms with Gasteiger partial charge in [-0.15, -0.1) is 0 Å². The van der Waals surface area contributed by atoms with Crippen molar-refractivity contribution in [2.75, 3.05) is 33.9 Å². The first-order chi connectivity index (χ1) is 6.74. The van der Waals surface area contributed by atoms with Gasteiger partial charge in [0.25, 0.3) is 6.47 Å². The van der Waals surface area contributed by atoms with Gasteiger partial charge in [0.05, 0.1) is 20.3 Å². The zero-order chi connectivity index (χ0) is 10.8. The quantitative estimate of drug-likeness (QED) is 0.600. The summed E-state index contributed by atoms with van der Waals surface area (Å²) in [6.07, 6.45) is 0. The number of hydrogen-bond donors (Lipinski definition) is 2. The van der Waals surface area contributed by atoms with Gasteiger partial charge in [-0.25, -0.2) is 0 Å². The van der Waals surface area contributed by atoms with Gasteiger partial charge in [-0.1, -0.05) is 0 Å². The van der Waals surface area contributed by atoms with Crippen molar-refractivity contribution >= 4 is 6.47 Å². The molecule has 2 unspecified atom stereocenters. The molecular formula is C9H20N2O3. The Labute approximate surface area is 85.1 Å². The van der Waals surface area contributed by atoms with Crippen LogP contribution in [-0.2, 0) is 14.3 Å². The van der Waals surface area contributed by atoms with Crippen LogP contribution in [0.15, 0.2) is 0 Å². The SMILES string of the molecule is CNCC1COCC(C)N1.COC=O. The molecule has 84 valence electrons. The van der Waals surface area contributed by atoms with E-state index in [0.29, 0.717) is 18.6 Å². The highest BCUT2D eigenvalue weighted by Gasteiger charge is 2.16. The first-order valence-corrected chi connectivity index (χ1v) is 4.69. The third kappa shape index (κ3) is 6.82. The highest BCUT2D eigenvalue weighted by atomic mass is 16.5. The number of methoxy groups -OCH3 is 1. The smallest absolute Gasteiger partial charge is 0.292 e. The van der Waals surface area contributed by atoms with E-state index in [0.717, 1.165) is 19.8 Å². The fraction of sp³-hybridized carbons (Fsp3) is 0.889. The van der Waals surface area contributed by atoms with Crippen molar-refractivity contribution in [2.24, 2.45) is 0 Å². The molecule has 0 radical (unpaired) electrons. The van der Waals surface area contributed by atoms with E-state index in [1.165, 1.54) is 7.11 Å². The van der Waals surface area contributed by atoms with Gasteiger partial charge in [-0.3, -0.25) is 4.79 Å². The molecule has 0 aromatic rings. The van der Waals surface area contributed by atoms with Crippen molar-refractivity contribution in [3.05, 3.63) is 0 Å². The van der Waals surface area contributed by atoms with Gasteiger partial charge >= 0.3 is 0 Å². The zero-order valence-corrected chi connectivity index (χ0v) is 9.08. The average Bonchev–Trinajstić information content (AvgIpc) is 2.19. The van der Waals surface area contributed by atoms with E-state index in [9.17, 15) is 0 Å². The largest absolute Gasteiger partial charge is 0.471 e. The van der Waals surface area contributed by atoms with Gasteiger partial charge < -0.3 is 20.1 Å². The zero-order valence-electron chi connectivity index (χ0n) is 9.08. The number of carbonyl (C=O) groups is 1. The van der Waals surface area contributed by atoms with Crippen LogP contribution in [0.2, 0.25) is 0 Å². The number of rotatable bonds is 3. The Bertz CT molecular complexity index is 142. The molecule has 5 nitrogen and oxygen atoms in total. The highest BCUT2D eigenvalue weighted by molar-refractivity contribution is 5.36. The average molecular weight is 204 g/mol. The molecule has 1 saturated heterocycles. The molecule has 1 aliphatic rings. The van der Waals surface area contributed by atoms with Crippen LogP contribution in [-0.4, -0.2) is 52.5 Å². The van der Waals surface area contributed by atoms with Crippen molar-refractivity contribution in [3.63, 3.8) is 0 Å². The minimum atomic E-state index is 0.375. The third-order valence-electron chi connectivity index (χ3n) is 1.75. The molecule has 0 aliphatic carbocycles. The summed E-state index contributed by atoms with van der Waals surface area (Å²) in [6, 6.07) is 1.00. The molecule has 0 saturated carbocycles. The van der Waals surface area contributed by atoms with Crippen LogP contribution in [0, 0.1) is 0 Å². The van der Waals surface area contributed by atoms with Gasteiger partial charge in [-0.2, -0.15) is 0 Å². The second-order valence-electron chi connectivity index (χ2n) is 3.19. The predicted octanol–water partition coefficient (Wildman–Crippen LogP) is -0.628. The van der Waals surface area contributed by atoms with Crippen molar-refractivity contribution in [1.82, 2.24) is 10.6 Å². The molecule has 1 heterocycles. The minimum absolute atomic E-state index is 0.375. The molecule has 0 bridgehead atoms. The van der Waals surface area contributed by atoms with Gasteiger partial charge in [0, 0.05) is 18.6 Å². The van der Waals surface area contributed by atoms with E-state index >= 15 is 0 Å². The van der Waals surface area contributed by atoms with Crippen LogP contribution < -0.4 is 10.6 Å². The van der Waals surface area contributed by atoms with E-state index in [4.69, 9.17) is 9.53 Å². The van der Waals surface area contributed by atoms with Gasteiger partial charge in [0.15, 0.2) is 0 Å². The maximum absolute atomic E-state index is 8.95. The third-order valence-corrected chi connectivity index (χ3v) is 1.75. The molecule has 0 spiro atoms. The lowest BCUT2D eigenvalue weighted by molar-refractivity contribution is -0.126. The van der Waals surface area contributed by atoms with Crippen LogP contribution in [0.4, 0.5) is 0 Å². The van der Waals surface area contributed by atoms with Crippen molar-refractivity contribution in [2.45, 2.75) is 19.0 Å². The molecule has 2 atom stereocenters. The van der Waals surface area contributed by atoms with Gasteiger partial charge in [0.2, 0.25) is 0 Å². The summed E-state index contributed by atoms with van der Waals surface area (Å²) in [5.41, 5.74) is 0. The number of likely N-dealkylation sites (N-methyl/N-ethyl adjacent to an activating group) is 1. The van der Waals surface area contributed by atoms with E-state index < -0.39 is 0 Å². The summed E-state index contributed by atoms with van der Waals surface area (Å²) in [6.45, 7) is 5.19. The number of morpholine rings is 1. The molecule has 14 heavy (non-hydrogen) atoms. The van der Waals surface area contributed by atoms with Crippen LogP contribution >= 0.6 is 0 Å². The maximum Gasteiger partial charge on any atom is 0.292 e. The number of ether oxygens (including phenoxy) is 2. The summed E-state index contributed by atoms with van der Waals surface area (Å²) in [5.74, 6) is 0. The Morgan fingerprint density at radius 1 is 1.64 bits per heavy atom. The molecule has 0 aromatic carbocycles. The fourth-order valence-electron chi connectivity index (χ4n) is 1.25. The lowest BCUT2D eigenvalue weighted by Gasteiger charge is -2.28. The molecule has 0 amide bonds. The molecule has 1 fully saturated rings. The fourth-order valence-corrected chi connectivity index (χ4v) is 1.25. The van der Waals surface area contributed by atoms with E-state index in [1.54, 1.807) is 0 Å². The van der Waals surface area contributed by atoms with Gasteiger partial charge in [-0.05, 0) is 14.0 Å². The summed E-state index contributed by atoms with van der Waals surface area (Å²) in [5, 5.41) is 6.55. The Hall–Kier alpha value is -0.650. The molecule has 1 aliphatic heterocycles. The molecule has 5 heteroatoms. The standard InChI is InChI=1S/C7H16N2O.C2H4O2/c1-6-4-10-5-7(9-6)3-8-2;1-4-2-3/h6-9H,3-5H2,1-2H3;2H,1H3. The van der Waals surface area contributed by atoms with Crippen molar-refractivity contribution in [1.29, 1.82) is 0 Å². The number of carbonyl (C=O) groups excluding carboxylic acids is 1. The second-order valence-corrected chi connectivity index (χ2v) is 3.19. The molecule has 1 rings (SSSR count). The van der Waals surface area contributed by atoms with Gasteiger partial charge in [0.1, 0.15) is 0 Å². The highest BCUT2D eigenvalue weighted by Crippen LogP contribution is 1.97. The van der Waals surface area contributed by atoms with Crippen LogP contribution in [0.1, 0.15) is 6.92 Å². The summed E-state index contributed by atoms with van der Waals surface area (Å²) >= 11 is 0. The normalized spacial score (nSPS) is 25.9. The molecule has 2 N–H and O–H groups in total. The first kappa shape index (κ1) is 13.4. The Kier molecular flexibility index (Phi) is 8.51. The number of nitrogens with one attached hydrogen (secondary N) is 2.